The second kappa shape index (κ2) is 17.1. The molecule has 0 aliphatic carbocycles. The average Bonchev–Trinajstić information content (AvgIpc) is 2.60. The van der Waals surface area contributed by atoms with E-state index in [0.29, 0.717) is 64.8 Å². The Morgan fingerprint density at radius 2 is 0.889 bits per heavy atom. The standard InChI is InChI=1S/C17H38O8P2/c1-5-22-26(18,23-6-2)15-11-9-13-20-17-21-14-10-12-16-27(19,24-7-3)25-8-4/h5-17H2,1-4H3. The van der Waals surface area contributed by atoms with Crippen LogP contribution < -0.4 is 0 Å². The molecule has 0 atom stereocenters. The van der Waals surface area contributed by atoms with E-state index in [1.165, 1.54) is 0 Å². The molecule has 0 N–H and O–H groups in total. The summed E-state index contributed by atoms with van der Waals surface area (Å²) >= 11 is 0. The Labute approximate surface area is 164 Å². The smallest absolute Gasteiger partial charge is 0.330 e. The SMILES string of the molecule is CCOP(=O)(CCCCOCOCCCCP(=O)(OCC)OCC)OCC. The van der Waals surface area contributed by atoms with Gasteiger partial charge in [0.15, 0.2) is 0 Å². The number of hydrogen-bond donors (Lipinski definition) is 0. The summed E-state index contributed by atoms with van der Waals surface area (Å²) in [5, 5.41) is 0. The molecule has 0 aromatic carbocycles. The van der Waals surface area contributed by atoms with Gasteiger partial charge in [0, 0.05) is 13.2 Å². The lowest BCUT2D eigenvalue weighted by Crippen LogP contribution is -2.06. The van der Waals surface area contributed by atoms with E-state index in [2.05, 4.69) is 0 Å². The predicted octanol–water partition coefficient (Wildman–Crippen LogP) is 5.07. The highest BCUT2D eigenvalue weighted by Gasteiger charge is 2.23. The number of rotatable bonds is 20. The second-order valence-electron chi connectivity index (χ2n) is 5.69. The summed E-state index contributed by atoms with van der Waals surface area (Å²) in [5.74, 6) is 0. The molecular formula is C17H38O8P2. The van der Waals surface area contributed by atoms with Crippen molar-refractivity contribution in [1.82, 2.24) is 0 Å². The lowest BCUT2D eigenvalue weighted by Gasteiger charge is -2.16. The first kappa shape index (κ1) is 27.2. The largest absolute Gasteiger partial charge is 0.355 e. The summed E-state index contributed by atoms with van der Waals surface area (Å²) in [6, 6.07) is 0. The van der Waals surface area contributed by atoms with Gasteiger partial charge in [0.25, 0.3) is 0 Å². The second-order valence-corrected chi connectivity index (χ2v) is 10.1. The topological polar surface area (TPSA) is 89.5 Å². The third-order valence-electron chi connectivity index (χ3n) is 3.41. The molecule has 0 saturated heterocycles. The quantitative estimate of drug-likeness (QED) is 0.150. The highest BCUT2D eigenvalue weighted by atomic mass is 31.2. The molecule has 0 spiro atoms. The van der Waals surface area contributed by atoms with E-state index in [1.807, 2.05) is 0 Å². The maximum absolute atomic E-state index is 12.3. The van der Waals surface area contributed by atoms with Crippen LogP contribution in [0.2, 0.25) is 0 Å². The van der Waals surface area contributed by atoms with Crippen LogP contribution in [0.25, 0.3) is 0 Å². The van der Waals surface area contributed by atoms with Gasteiger partial charge in [0.05, 0.1) is 38.8 Å². The maximum Gasteiger partial charge on any atom is 0.330 e. The van der Waals surface area contributed by atoms with Crippen LogP contribution in [0.4, 0.5) is 0 Å². The van der Waals surface area contributed by atoms with Gasteiger partial charge in [-0.3, -0.25) is 9.13 Å². The molecule has 0 radical (unpaired) electrons. The summed E-state index contributed by atoms with van der Waals surface area (Å²) in [4.78, 5) is 0. The molecule has 0 unspecified atom stereocenters. The van der Waals surface area contributed by atoms with Gasteiger partial charge in [0.1, 0.15) is 6.79 Å². The van der Waals surface area contributed by atoms with E-state index < -0.39 is 15.2 Å². The van der Waals surface area contributed by atoms with Crippen LogP contribution in [0.1, 0.15) is 53.4 Å². The zero-order valence-electron chi connectivity index (χ0n) is 17.4. The number of unbranched alkanes of at least 4 members (excludes halogenated alkanes) is 2. The van der Waals surface area contributed by atoms with Crippen molar-refractivity contribution in [3.63, 3.8) is 0 Å². The average molecular weight is 432 g/mol. The van der Waals surface area contributed by atoms with Gasteiger partial charge < -0.3 is 27.6 Å². The van der Waals surface area contributed by atoms with E-state index in [1.54, 1.807) is 27.7 Å². The van der Waals surface area contributed by atoms with Crippen molar-refractivity contribution in [1.29, 1.82) is 0 Å². The van der Waals surface area contributed by atoms with E-state index in [0.717, 1.165) is 12.8 Å². The van der Waals surface area contributed by atoms with Gasteiger partial charge >= 0.3 is 15.2 Å². The van der Waals surface area contributed by atoms with Gasteiger partial charge in [-0.15, -0.1) is 0 Å². The lowest BCUT2D eigenvalue weighted by atomic mass is 10.4. The summed E-state index contributed by atoms with van der Waals surface area (Å²) in [5.41, 5.74) is 0. The van der Waals surface area contributed by atoms with Crippen LogP contribution in [-0.2, 0) is 36.7 Å². The Kier molecular flexibility index (Phi) is 17.2. The van der Waals surface area contributed by atoms with E-state index in [9.17, 15) is 9.13 Å². The number of hydrogen-bond acceptors (Lipinski definition) is 8. The molecule has 27 heavy (non-hydrogen) atoms. The molecule has 0 aliphatic heterocycles. The Hall–Kier alpha value is 0.220. The zero-order chi connectivity index (χ0) is 20.4. The van der Waals surface area contributed by atoms with Gasteiger partial charge in [0.2, 0.25) is 0 Å². The van der Waals surface area contributed by atoms with Crippen molar-refractivity contribution in [2.75, 3.05) is 58.8 Å². The van der Waals surface area contributed by atoms with Gasteiger partial charge in [-0.2, -0.15) is 0 Å². The van der Waals surface area contributed by atoms with Crippen LogP contribution in [0.5, 0.6) is 0 Å². The summed E-state index contributed by atoms with van der Waals surface area (Å²) in [6.45, 7) is 10.0. The summed E-state index contributed by atoms with van der Waals surface area (Å²) < 4.78 is 56.2. The third-order valence-corrected chi connectivity index (χ3v) is 7.75. The molecule has 0 amide bonds. The van der Waals surface area contributed by atoms with Gasteiger partial charge in [-0.1, -0.05) is 0 Å². The summed E-state index contributed by atoms with van der Waals surface area (Å²) in [7, 11) is -5.90. The van der Waals surface area contributed by atoms with Crippen LogP contribution in [-0.4, -0.2) is 58.8 Å². The molecule has 0 bridgehead atoms. The van der Waals surface area contributed by atoms with Crippen molar-refractivity contribution in [3.05, 3.63) is 0 Å². The highest BCUT2D eigenvalue weighted by molar-refractivity contribution is 7.54. The fourth-order valence-electron chi connectivity index (χ4n) is 2.32. The molecule has 164 valence electrons. The molecule has 0 fully saturated rings. The molecule has 0 aliphatic rings. The minimum atomic E-state index is -2.95. The minimum absolute atomic E-state index is 0.211. The maximum atomic E-state index is 12.3. The first-order chi connectivity index (χ1) is 12.9. The number of ether oxygens (including phenoxy) is 2. The molecule has 0 saturated carbocycles. The first-order valence-corrected chi connectivity index (χ1v) is 13.3. The van der Waals surface area contributed by atoms with Gasteiger partial charge in [-0.05, 0) is 53.4 Å². The fourth-order valence-corrected chi connectivity index (χ4v) is 5.78. The molecule has 10 heteroatoms. The van der Waals surface area contributed by atoms with Crippen LogP contribution in [0, 0.1) is 0 Å². The van der Waals surface area contributed by atoms with Crippen molar-refractivity contribution < 1.29 is 36.7 Å². The van der Waals surface area contributed by atoms with E-state index >= 15 is 0 Å². The molecule has 0 aromatic rings. The molecule has 0 heterocycles. The molecule has 0 rings (SSSR count). The normalized spacial score (nSPS) is 12.6. The van der Waals surface area contributed by atoms with Crippen molar-refractivity contribution in [2.24, 2.45) is 0 Å². The predicted molar refractivity (Wildman–Crippen MR) is 107 cm³/mol. The van der Waals surface area contributed by atoms with E-state index in [-0.39, 0.29) is 6.79 Å². The fraction of sp³-hybridized carbons (Fsp3) is 1.00. The van der Waals surface area contributed by atoms with Crippen molar-refractivity contribution in [3.8, 4) is 0 Å². The highest BCUT2D eigenvalue weighted by Crippen LogP contribution is 2.49. The van der Waals surface area contributed by atoms with Gasteiger partial charge in [-0.25, -0.2) is 0 Å². The van der Waals surface area contributed by atoms with Crippen LogP contribution >= 0.6 is 15.2 Å². The van der Waals surface area contributed by atoms with Crippen LogP contribution in [0.15, 0.2) is 0 Å². The van der Waals surface area contributed by atoms with Crippen molar-refractivity contribution in [2.45, 2.75) is 53.4 Å². The van der Waals surface area contributed by atoms with Crippen molar-refractivity contribution >= 4 is 15.2 Å². The Balaban J connectivity index is 3.62. The molecule has 0 aromatic heterocycles. The Morgan fingerprint density at radius 1 is 0.556 bits per heavy atom. The molecular weight excluding hydrogens is 394 g/mol. The Morgan fingerprint density at radius 3 is 1.19 bits per heavy atom. The zero-order valence-corrected chi connectivity index (χ0v) is 19.1. The summed E-state index contributed by atoms with van der Waals surface area (Å²) in [6.07, 6.45) is 3.75. The Bertz CT molecular complexity index is 375. The third kappa shape index (κ3) is 14.8. The van der Waals surface area contributed by atoms with E-state index in [4.69, 9.17) is 27.6 Å². The monoisotopic (exact) mass is 432 g/mol. The first-order valence-electron chi connectivity index (χ1n) is 9.87. The lowest BCUT2D eigenvalue weighted by molar-refractivity contribution is -0.0550. The van der Waals surface area contributed by atoms with Crippen LogP contribution in [0.3, 0.4) is 0 Å². The minimum Gasteiger partial charge on any atom is -0.355 e. The molecule has 8 nitrogen and oxygen atoms in total.